The molecule has 170 valence electrons. The Balaban J connectivity index is 1.37. The first kappa shape index (κ1) is 22.4. The number of rotatable bonds is 7. The van der Waals surface area contributed by atoms with Gasteiger partial charge in [0.1, 0.15) is 12.4 Å². The van der Waals surface area contributed by atoms with Crippen LogP contribution in [0.3, 0.4) is 0 Å². The van der Waals surface area contributed by atoms with Crippen LogP contribution in [0, 0.1) is 0 Å². The monoisotopic (exact) mass is 444 g/mol. The zero-order valence-electron chi connectivity index (χ0n) is 18.7. The van der Waals surface area contributed by atoms with Crippen LogP contribution in [0.4, 0.5) is 5.69 Å². The first-order valence-electron chi connectivity index (χ1n) is 11.1. The summed E-state index contributed by atoms with van der Waals surface area (Å²) in [6.45, 7) is 2.06. The van der Waals surface area contributed by atoms with E-state index in [0.29, 0.717) is 18.1 Å². The summed E-state index contributed by atoms with van der Waals surface area (Å²) >= 11 is 0. The van der Waals surface area contributed by atoms with Gasteiger partial charge in [-0.2, -0.15) is 0 Å². The second kappa shape index (κ2) is 10.7. The topological polar surface area (TPSA) is 71.4 Å². The van der Waals surface area contributed by atoms with Gasteiger partial charge < -0.3 is 19.5 Å². The van der Waals surface area contributed by atoms with Gasteiger partial charge in [0.25, 0.3) is 5.91 Å². The maximum Gasteiger partial charge on any atom is 0.253 e. The van der Waals surface area contributed by atoms with Crippen LogP contribution in [0.15, 0.2) is 71.7 Å². The Bertz CT molecular complexity index is 1100. The number of benzene rings is 3. The third kappa shape index (κ3) is 5.92. The maximum atomic E-state index is 12.6. The molecule has 6 nitrogen and oxygen atoms in total. The van der Waals surface area contributed by atoms with Crippen molar-refractivity contribution < 1.29 is 19.4 Å². The highest BCUT2D eigenvalue weighted by molar-refractivity contribution is 5.94. The van der Waals surface area contributed by atoms with Crippen LogP contribution in [0.1, 0.15) is 40.7 Å². The van der Waals surface area contributed by atoms with Crippen LogP contribution < -0.4 is 9.47 Å². The lowest BCUT2D eigenvalue weighted by atomic mass is 10.1. The van der Waals surface area contributed by atoms with Crippen molar-refractivity contribution in [1.82, 2.24) is 4.90 Å². The molecule has 3 aromatic rings. The molecule has 6 heteroatoms. The Hall–Kier alpha value is -3.80. The van der Waals surface area contributed by atoms with E-state index in [1.165, 1.54) is 6.42 Å². The Kier molecular flexibility index (Phi) is 7.25. The third-order valence-electron chi connectivity index (χ3n) is 5.64. The summed E-state index contributed by atoms with van der Waals surface area (Å²) in [4.78, 5) is 19.0. The molecule has 1 saturated heterocycles. The molecule has 1 aliphatic rings. The number of likely N-dealkylation sites (tertiary alicyclic amines) is 1. The third-order valence-corrected chi connectivity index (χ3v) is 5.64. The fraction of sp³-hybridized carbons (Fsp3) is 0.259. The summed E-state index contributed by atoms with van der Waals surface area (Å²) in [5.74, 6) is 1.56. The van der Waals surface area contributed by atoms with Crippen LogP contribution in [-0.4, -0.2) is 42.3 Å². The fourth-order valence-corrected chi connectivity index (χ4v) is 3.76. The summed E-state index contributed by atoms with van der Waals surface area (Å²) in [5.41, 5.74) is 3.31. The molecule has 1 N–H and O–H groups in total. The number of methoxy groups -OCH3 is 1. The van der Waals surface area contributed by atoms with E-state index in [0.717, 1.165) is 48.3 Å². The average Bonchev–Trinajstić information content (AvgIpc) is 2.87. The van der Waals surface area contributed by atoms with Crippen molar-refractivity contribution in [1.29, 1.82) is 0 Å². The lowest BCUT2D eigenvalue weighted by molar-refractivity contribution is 0.0724. The van der Waals surface area contributed by atoms with Gasteiger partial charge in [0, 0.05) is 24.9 Å². The minimum atomic E-state index is 0.105. The van der Waals surface area contributed by atoms with Crippen LogP contribution in [0.2, 0.25) is 0 Å². The lowest BCUT2D eigenvalue weighted by Gasteiger charge is -2.26. The van der Waals surface area contributed by atoms with E-state index < -0.39 is 0 Å². The minimum Gasteiger partial charge on any atom is -0.508 e. The number of hydrogen-bond acceptors (Lipinski definition) is 5. The van der Waals surface area contributed by atoms with Crippen LogP contribution in [-0.2, 0) is 6.61 Å². The quantitative estimate of drug-likeness (QED) is 0.498. The van der Waals surface area contributed by atoms with Crippen molar-refractivity contribution in [2.24, 2.45) is 4.99 Å². The van der Waals surface area contributed by atoms with Gasteiger partial charge in [-0.3, -0.25) is 9.79 Å². The predicted octanol–water partition coefficient (Wildman–Crippen LogP) is 5.36. The van der Waals surface area contributed by atoms with Gasteiger partial charge in [-0.15, -0.1) is 0 Å². The second-order valence-electron chi connectivity index (χ2n) is 8.02. The lowest BCUT2D eigenvalue weighted by Crippen LogP contribution is -2.35. The minimum absolute atomic E-state index is 0.105. The zero-order valence-corrected chi connectivity index (χ0v) is 18.7. The van der Waals surface area contributed by atoms with Crippen LogP contribution in [0.5, 0.6) is 17.2 Å². The molecule has 0 radical (unpaired) electrons. The molecule has 0 unspecified atom stereocenters. The van der Waals surface area contributed by atoms with Crippen molar-refractivity contribution in [2.45, 2.75) is 25.9 Å². The molecule has 1 heterocycles. The Morgan fingerprint density at radius 2 is 1.70 bits per heavy atom. The number of hydrogen-bond donors (Lipinski definition) is 1. The van der Waals surface area contributed by atoms with Crippen molar-refractivity contribution in [3.05, 3.63) is 83.4 Å². The molecule has 33 heavy (non-hydrogen) atoms. The molecule has 1 aliphatic heterocycles. The number of ether oxygens (including phenoxy) is 2. The average molecular weight is 445 g/mol. The highest BCUT2D eigenvalue weighted by Gasteiger charge is 2.18. The Morgan fingerprint density at radius 3 is 2.39 bits per heavy atom. The van der Waals surface area contributed by atoms with Gasteiger partial charge >= 0.3 is 0 Å². The van der Waals surface area contributed by atoms with Crippen molar-refractivity contribution in [3.8, 4) is 17.2 Å². The van der Waals surface area contributed by atoms with Gasteiger partial charge in [-0.05, 0) is 85.0 Å². The molecule has 0 aromatic heterocycles. The number of piperidine rings is 1. The second-order valence-corrected chi connectivity index (χ2v) is 8.02. The molecule has 0 bridgehead atoms. The molecule has 1 amide bonds. The molecule has 0 aliphatic carbocycles. The van der Waals surface area contributed by atoms with Crippen molar-refractivity contribution >= 4 is 17.8 Å². The predicted molar refractivity (Wildman–Crippen MR) is 129 cm³/mol. The molecule has 0 atom stereocenters. The van der Waals surface area contributed by atoms with Crippen LogP contribution in [0.25, 0.3) is 0 Å². The van der Waals surface area contributed by atoms with Gasteiger partial charge in [0.2, 0.25) is 0 Å². The van der Waals surface area contributed by atoms with Gasteiger partial charge in [-0.25, -0.2) is 0 Å². The van der Waals surface area contributed by atoms with Gasteiger partial charge in [0.15, 0.2) is 11.5 Å². The van der Waals surface area contributed by atoms with Crippen LogP contribution >= 0.6 is 0 Å². The molecule has 0 spiro atoms. The number of nitrogens with zero attached hydrogens (tertiary/aromatic N) is 2. The van der Waals surface area contributed by atoms with Gasteiger partial charge in [-0.1, -0.05) is 12.1 Å². The van der Waals surface area contributed by atoms with E-state index in [2.05, 4.69) is 4.99 Å². The smallest absolute Gasteiger partial charge is 0.253 e. The summed E-state index contributed by atoms with van der Waals surface area (Å²) in [7, 11) is 1.60. The molecule has 1 fully saturated rings. The van der Waals surface area contributed by atoms with E-state index in [9.17, 15) is 9.90 Å². The zero-order chi connectivity index (χ0) is 23.0. The highest BCUT2D eigenvalue weighted by Crippen LogP contribution is 2.29. The molecule has 0 saturated carbocycles. The number of carbonyl (C=O) groups excluding carboxylic acids is 1. The van der Waals surface area contributed by atoms with Gasteiger partial charge in [0.05, 0.1) is 12.8 Å². The standard InChI is InChI=1S/C27H28N2O4/c1-32-26-17-21(18-28-23-10-12-24(30)13-11-23)7-14-25(26)33-19-20-5-8-22(9-6-20)27(31)29-15-3-2-4-16-29/h5-14,17-18,30H,2-4,15-16,19H2,1H3. The highest BCUT2D eigenvalue weighted by atomic mass is 16.5. The SMILES string of the molecule is COc1cc(C=Nc2ccc(O)cc2)ccc1OCc1ccc(C(=O)N2CCCCC2)cc1. The van der Waals surface area contributed by atoms with E-state index >= 15 is 0 Å². The Labute approximate surface area is 194 Å². The number of aromatic hydroxyl groups is 1. The van der Waals surface area contributed by atoms with E-state index in [4.69, 9.17) is 9.47 Å². The number of phenolic OH excluding ortho intramolecular Hbond substituents is 1. The van der Waals surface area contributed by atoms with E-state index in [1.807, 2.05) is 47.4 Å². The van der Waals surface area contributed by atoms with Crippen molar-refractivity contribution in [3.63, 3.8) is 0 Å². The largest absolute Gasteiger partial charge is 0.508 e. The number of aliphatic imine (C=N–C) groups is 1. The normalized spacial score (nSPS) is 13.8. The summed E-state index contributed by atoms with van der Waals surface area (Å²) in [6, 6.07) is 19.9. The molecule has 3 aromatic carbocycles. The number of carbonyl (C=O) groups is 1. The van der Waals surface area contributed by atoms with E-state index in [1.54, 1.807) is 37.6 Å². The summed E-state index contributed by atoms with van der Waals surface area (Å²) in [5, 5.41) is 9.37. The fourth-order valence-electron chi connectivity index (χ4n) is 3.76. The first-order chi connectivity index (χ1) is 16.1. The first-order valence-corrected chi connectivity index (χ1v) is 11.1. The number of phenols is 1. The summed E-state index contributed by atoms with van der Waals surface area (Å²) in [6.07, 6.45) is 5.11. The number of amides is 1. The van der Waals surface area contributed by atoms with Crippen molar-refractivity contribution in [2.75, 3.05) is 20.2 Å². The molecular weight excluding hydrogens is 416 g/mol. The maximum absolute atomic E-state index is 12.6. The van der Waals surface area contributed by atoms with E-state index in [-0.39, 0.29) is 11.7 Å². The molecule has 4 rings (SSSR count). The molecular formula is C27H28N2O4. The summed E-state index contributed by atoms with van der Waals surface area (Å²) < 4.78 is 11.5. The Morgan fingerprint density at radius 1 is 0.970 bits per heavy atom.